The summed E-state index contributed by atoms with van der Waals surface area (Å²) in [5, 5.41) is 11.8. The van der Waals surface area contributed by atoms with Crippen molar-refractivity contribution in [3.63, 3.8) is 0 Å². The topological polar surface area (TPSA) is 64.7 Å². The van der Waals surface area contributed by atoms with Crippen LogP contribution in [-0.2, 0) is 6.18 Å². The molecule has 0 radical (unpaired) electrons. The maximum absolute atomic E-state index is 12.9. The minimum absolute atomic E-state index is 0.156. The van der Waals surface area contributed by atoms with Crippen LogP contribution in [0.15, 0.2) is 62.5 Å². The SMILES string of the molecule is Cc1ccc(Cl)cc1N=Cc1cc(Br)c(Oc2ccc(C(F)(F)F)cc2[N+](=O)[O-])c(Br)c1. The lowest BCUT2D eigenvalue weighted by Gasteiger charge is -2.13. The highest BCUT2D eigenvalue weighted by Gasteiger charge is 2.33. The van der Waals surface area contributed by atoms with Gasteiger partial charge in [0, 0.05) is 17.3 Å². The molecule has 0 aliphatic carbocycles. The largest absolute Gasteiger partial charge is 0.448 e. The number of halogens is 6. The molecule has 0 fully saturated rings. The van der Waals surface area contributed by atoms with E-state index in [9.17, 15) is 23.3 Å². The molecule has 3 aromatic carbocycles. The first-order chi connectivity index (χ1) is 15.0. The van der Waals surface area contributed by atoms with Gasteiger partial charge >= 0.3 is 11.9 Å². The Morgan fingerprint density at radius 2 is 1.75 bits per heavy atom. The van der Waals surface area contributed by atoms with Gasteiger partial charge in [-0.1, -0.05) is 17.7 Å². The fourth-order valence-electron chi connectivity index (χ4n) is 2.65. The van der Waals surface area contributed by atoms with Crippen LogP contribution in [0.3, 0.4) is 0 Å². The molecule has 32 heavy (non-hydrogen) atoms. The zero-order chi connectivity index (χ0) is 23.6. The van der Waals surface area contributed by atoms with Gasteiger partial charge in [0.2, 0.25) is 5.75 Å². The van der Waals surface area contributed by atoms with E-state index < -0.39 is 22.4 Å². The average Bonchev–Trinajstić information content (AvgIpc) is 2.70. The highest BCUT2D eigenvalue weighted by atomic mass is 79.9. The summed E-state index contributed by atoms with van der Waals surface area (Å²) in [6.07, 6.45) is -3.12. The fraction of sp³-hybridized carbons (Fsp3) is 0.0952. The highest BCUT2D eigenvalue weighted by molar-refractivity contribution is 9.11. The molecular formula is C21H12Br2ClF3N2O3. The van der Waals surface area contributed by atoms with Crippen molar-refractivity contribution in [3.8, 4) is 11.5 Å². The van der Waals surface area contributed by atoms with Crippen molar-refractivity contribution >= 4 is 61.1 Å². The summed E-state index contributed by atoms with van der Waals surface area (Å²) < 4.78 is 45.1. The number of nitrogens with zero attached hydrogens (tertiary/aromatic N) is 2. The molecule has 0 aliphatic rings. The second-order valence-corrected chi connectivity index (χ2v) is 8.69. The van der Waals surface area contributed by atoms with Crippen LogP contribution in [-0.4, -0.2) is 11.1 Å². The summed E-state index contributed by atoms with van der Waals surface area (Å²) in [6.45, 7) is 1.89. The van der Waals surface area contributed by atoms with Crippen molar-refractivity contribution in [2.24, 2.45) is 4.99 Å². The summed E-state index contributed by atoms with van der Waals surface area (Å²) in [5.74, 6) is -0.177. The molecule has 0 bridgehead atoms. The van der Waals surface area contributed by atoms with Crippen molar-refractivity contribution < 1.29 is 22.8 Å². The maximum Gasteiger partial charge on any atom is 0.416 e. The van der Waals surface area contributed by atoms with Crippen molar-refractivity contribution in [1.29, 1.82) is 0 Å². The lowest BCUT2D eigenvalue weighted by atomic mass is 10.1. The molecule has 0 spiro atoms. The quantitative estimate of drug-likeness (QED) is 0.169. The fourth-order valence-corrected chi connectivity index (χ4v) is 4.20. The molecule has 0 aliphatic heterocycles. The number of ether oxygens (including phenoxy) is 1. The molecular weight excluding hydrogens is 580 g/mol. The Morgan fingerprint density at radius 1 is 1.09 bits per heavy atom. The molecule has 166 valence electrons. The molecule has 0 unspecified atom stereocenters. The number of rotatable bonds is 5. The Kier molecular flexibility index (Phi) is 7.26. The number of aliphatic imine (C=N–C) groups is 1. The second kappa shape index (κ2) is 9.60. The van der Waals surface area contributed by atoms with Crippen LogP contribution in [0.5, 0.6) is 11.5 Å². The summed E-state index contributed by atoms with van der Waals surface area (Å²) in [7, 11) is 0. The molecule has 0 aromatic heterocycles. The number of nitro groups is 1. The molecule has 0 N–H and O–H groups in total. The Bertz CT molecular complexity index is 1210. The van der Waals surface area contributed by atoms with Crippen LogP contribution < -0.4 is 4.74 Å². The van der Waals surface area contributed by atoms with Crippen molar-refractivity contribution in [1.82, 2.24) is 0 Å². The third kappa shape index (κ3) is 5.67. The van der Waals surface area contributed by atoms with Gasteiger partial charge in [0.05, 0.1) is 25.1 Å². The Morgan fingerprint density at radius 3 is 2.34 bits per heavy atom. The number of hydrogen-bond acceptors (Lipinski definition) is 4. The van der Waals surface area contributed by atoms with E-state index in [0.717, 1.165) is 17.7 Å². The number of aryl methyl sites for hydroxylation is 1. The van der Waals surface area contributed by atoms with E-state index in [1.165, 1.54) is 0 Å². The maximum atomic E-state index is 12.9. The van der Waals surface area contributed by atoms with Gasteiger partial charge < -0.3 is 4.74 Å². The molecule has 3 rings (SSSR count). The monoisotopic (exact) mass is 590 g/mol. The zero-order valence-corrected chi connectivity index (χ0v) is 20.0. The molecule has 0 amide bonds. The minimum atomic E-state index is -4.72. The summed E-state index contributed by atoms with van der Waals surface area (Å²) >= 11 is 12.7. The summed E-state index contributed by atoms with van der Waals surface area (Å²) in [5.41, 5.74) is 0.333. The number of hydrogen-bond donors (Lipinski definition) is 0. The van der Waals surface area contributed by atoms with E-state index >= 15 is 0 Å². The molecule has 0 saturated carbocycles. The Labute approximate surface area is 202 Å². The zero-order valence-electron chi connectivity index (χ0n) is 16.1. The van der Waals surface area contributed by atoms with Crippen LogP contribution >= 0.6 is 43.5 Å². The van der Waals surface area contributed by atoms with E-state index in [0.29, 0.717) is 31.3 Å². The molecule has 3 aromatic rings. The van der Waals surface area contributed by atoms with E-state index in [1.54, 1.807) is 30.5 Å². The van der Waals surface area contributed by atoms with Crippen molar-refractivity contribution in [2.75, 3.05) is 0 Å². The predicted molar refractivity (Wildman–Crippen MR) is 123 cm³/mol. The average molecular weight is 593 g/mol. The normalized spacial score (nSPS) is 11.7. The van der Waals surface area contributed by atoms with Gasteiger partial charge in [-0.05, 0) is 86.3 Å². The van der Waals surface area contributed by atoms with Crippen molar-refractivity contribution in [2.45, 2.75) is 13.1 Å². The molecule has 11 heteroatoms. The van der Waals surface area contributed by atoms with Gasteiger partial charge in [0.1, 0.15) is 0 Å². The van der Waals surface area contributed by atoms with Crippen LogP contribution in [0.2, 0.25) is 5.02 Å². The third-order valence-electron chi connectivity index (χ3n) is 4.24. The number of nitro benzene ring substituents is 1. The molecule has 0 saturated heterocycles. The molecule has 0 atom stereocenters. The Balaban J connectivity index is 1.93. The lowest BCUT2D eigenvalue weighted by molar-refractivity contribution is -0.385. The highest BCUT2D eigenvalue weighted by Crippen LogP contribution is 2.42. The van der Waals surface area contributed by atoms with Gasteiger partial charge in [-0.2, -0.15) is 13.2 Å². The van der Waals surface area contributed by atoms with Crippen LogP contribution in [0.25, 0.3) is 0 Å². The van der Waals surface area contributed by atoms with Crippen LogP contribution in [0.4, 0.5) is 24.5 Å². The van der Waals surface area contributed by atoms with Gasteiger partial charge in [0.15, 0.2) is 5.75 Å². The van der Waals surface area contributed by atoms with Crippen LogP contribution in [0.1, 0.15) is 16.7 Å². The first kappa shape index (κ1) is 24.2. The van der Waals surface area contributed by atoms with E-state index in [-0.39, 0.29) is 11.5 Å². The van der Waals surface area contributed by atoms with Crippen molar-refractivity contribution in [3.05, 3.63) is 89.3 Å². The van der Waals surface area contributed by atoms with Crippen LogP contribution in [0, 0.1) is 17.0 Å². The smallest absolute Gasteiger partial charge is 0.416 e. The van der Waals surface area contributed by atoms with Gasteiger partial charge in [-0.25, -0.2) is 0 Å². The standard InChI is InChI=1S/C21H12Br2ClF3N2O3/c1-11-2-4-14(24)9-17(11)28-10-12-6-15(22)20(16(23)7-12)32-19-5-3-13(21(25,26)27)8-18(19)29(30)31/h2-10H,1H3. The van der Waals surface area contributed by atoms with E-state index in [2.05, 4.69) is 36.9 Å². The van der Waals surface area contributed by atoms with E-state index in [4.69, 9.17) is 16.3 Å². The summed E-state index contributed by atoms with van der Waals surface area (Å²) in [6, 6.07) is 10.7. The van der Waals surface area contributed by atoms with Gasteiger partial charge in [-0.3, -0.25) is 15.1 Å². The predicted octanol–water partition coefficient (Wildman–Crippen LogP) is 8.64. The summed E-state index contributed by atoms with van der Waals surface area (Å²) in [4.78, 5) is 14.8. The van der Waals surface area contributed by atoms with Gasteiger partial charge in [0.25, 0.3) is 0 Å². The molecule has 0 heterocycles. The lowest BCUT2D eigenvalue weighted by Crippen LogP contribution is -2.06. The minimum Gasteiger partial charge on any atom is -0.448 e. The first-order valence-corrected chi connectivity index (χ1v) is 10.7. The Hall–Kier alpha value is -2.43. The second-order valence-electron chi connectivity index (χ2n) is 6.54. The number of alkyl halides is 3. The third-order valence-corrected chi connectivity index (χ3v) is 5.65. The molecule has 5 nitrogen and oxygen atoms in total. The first-order valence-electron chi connectivity index (χ1n) is 8.78. The van der Waals surface area contributed by atoms with Gasteiger partial charge in [-0.15, -0.1) is 0 Å². The van der Waals surface area contributed by atoms with E-state index in [1.807, 2.05) is 13.0 Å². The number of benzene rings is 3.